The molecule has 1 aromatic heterocycles. The Kier molecular flexibility index (Phi) is 7.98. The molecule has 0 atom stereocenters. The van der Waals surface area contributed by atoms with Crippen LogP contribution in [0.25, 0.3) is 0 Å². The van der Waals surface area contributed by atoms with Gasteiger partial charge in [-0.15, -0.1) is 10.2 Å². The van der Waals surface area contributed by atoms with Crippen LogP contribution in [0.4, 0.5) is 5.69 Å². The smallest absolute Gasteiger partial charge is 0.234 e. The summed E-state index contributed by atoms with van der Waals surface area (Å²) in [5.41, 5.74) is 2.99. The minimum atomic E-state index is -0.128. The van der Waals surface area contributed by atoms with Gasteiger partial charge in [0, 0.05) is 17.3 Å². The molecular formula is C23H27ClN4O2S. The van der Waals surface area contributed by atoms with Gasteiger partial charge in [0.2, 0.25) is 5.91 Å². The average molecular weight is 459 g/mol. The number of halogens is 1. The number of nitrogens with zero attached hydrogens (tertiary/aromatic N) is 3. The van der Waals surface area contributed by atoms with Crippen LogP contribution in [0.2, 0.25) is 5.02 Å². The number of hydrogen-bond donors (Lipinski definition) is 1. The van der Waals surface area contributed by atoms with E-state index in [0.717, 1.165) is 17.1 Å². The molecule has 0 fully saturated rings. The van der Waals surface area contributed by atoms with E-state index in [9.17, 15) is 4.79 Å². The van der Waals surface area contributed by atoms with Gasteiger partial charge in [0.15, 0.2) is 11.0 Å². The molecule has 0 saturated heterocycles. The van der Waals surface area contributed by atoms with E-state index in [1.54, 1.807) is 24.3 Å². The highest BCUT2D eigenvalue weighted by Crippen LogP contribution is 2.28. The molecule has 0 bridgehead atoms. The molecule has 1 N–H and O–H groups in total. The summed E-state index contributed by atoms with van der Waals surface area (Å²) in [6, 6.07) is 13.3. The monoisotopic (exact) mass is 458 g/mol. The number of amides is 1. The predicted molar refractivity (Wildman–Crippen MR) is 126 cm³/mol. The van der Waals surface area contributed by atoms with Crippen molar-refractivity contribution in [1.29, 1.82) is 0 Å². The molecule has 8 heteroatoms. The molecular weight excluding hydrogens is 432 g/mol. The van der Waals surface area contributed by atoms with Crippen molar-refractivity contribution in [1.82, 2.24) is 14.8 Å². The SMILES string of the molecule is CCn1c(COc2cc(C)ccc2C(C)C)nnc1SCC(=O)Nc1cccc(Cl)c1. The van der Waals surface area contributed by atoms with E-state index < -0.39 is 0 Å². The van der Waals surface area contributed by atoms with Crippen molar-refractivity contribution in [2.24, 2.45) is 0 Å². The van der Waals surface area contributed by atoms with Crippen LogP contribution in [-0.2, 0) is 17.9 Å². The third-order valence-corrected chi connectivity index (χ3v) is 5.90. The summed E-state index contributed by atoms with van der Waals surface area (Å²) in [5.74, 6) is 2.06. The first-order valence-electron chi connectivity index (χ1n) is 10.2. The molecule has 1 amide bonds. The molecule has 31 heavy (non-hydrogen) atoms. The molecule has 2 aromatic carbocycles. The fraction of sp³-hybridized carbons (Fsp3) is 0.348. The second-order valence-electron chi connectivity index (χ2n) is 7.47. The van der Waals surface area contributed by atoms with Crippen LogP contribution in [0.3, 0.4) is 0 Å². The molecule has 0 radical (unpaired) electrons. The summed E-state index contributed by atoms with van der Waals surface area (Å²) < 4.78 is 8.09. The number of benzene rings is 2. The second-order valence-corrected chi connectivity index (χ2v) is 8.85. The quantitative estimate of drug-likeness (QED) is 0.417. The van der Waals surface area contributed by atoms with Crippen molar-refractivity contribution in [3.05, 3.63) is 64.4 Å². The predicted octanol–water partition coefficient (Wildman–Crippen LogP) is 5.69. The second kappa shape index (κ2) is 10.7. The maximum atomic E-state index is 12.3. The lowest BCUT2D eigenvalue weighted by atomic mass is 10.0. The van der Waals surface area contributed by atoms with Crippen molar-refractivity contribution >= 4 is 35.0 Å². The van der Waals surface area contributed by atoms with E-state index in [2.05, 4.69) is 54.5 Å². The van der Waals surface area contributed by atoms with Crippen molar-refractivity contribution in [3.8, 4) is 5.75 Å². The Hall–Kier alpha value is -2.51. The standard InChI is InChI=1S/C23H27ClN4O2S/c1-5-28-21(13-30-20-11-16(4)9-10-19(20)15(2)3)26-27-23(28)31-14-22(29)25-18-8-6-7-17(24)12-18/h6-12,15H,5,13-14H2,1-4H3,(H,25,29). The number of carbonyl (C=O) groups excluding carboxylic acids is 1. The number of thioether (sulfide) groups is 1. The van der Waals surface area contributed by atoms with Gasteiger partial charge in [0.25, 0.3) is 0 Å². The maximum absolute atomic E-state index is 12.3. The van der Waals surface area contributed by atoms with Crippen LogP contribution in [0.5, 0.6) is 5.75 Å². The van der Waals surface area contributed by atoms with Crippen LogP contribution < -0.4 is 10.1 Å². The van der Waals surface area contributed by atoms with E-state index in [4.69, 9.17) is 16.3 Å². The zero-order valence-electron chi connectivity index (χ0n) is 18.2. The number of nitrogens with one attached hydrogen (secondary N) is 1. The highest BCUT2D eigenvalue weighted by atomic mass is 35.5. The maximum Gasteiger partial charge on any atom is 0.234 e. The van der Waals surface area contributed by atoms with E-state index in [-0.39, 0.29) is 11.7 Å². The largest absolute Gasteiger partial charge is 0.485 e. The number of hydrogen-bond acceptors (Lipinski definition) is 5. The van der Waals surface area contributed by atoms with Gasteiger partial charge in [-0.25, -0.2) is 0 Å². The zero-order chi connectivity index (χ0) is 22.4. The van der Waals surface area contributed by atoms with Gasteiger partial charge < -0.3 is 14.6 Å². The van der Waals surface area contributed by atoms with Crippen LogP contribution in [0, 0.1) is 6.92 Å². The van der Waals surface area contributed by atoms with Gasteiger partial charge in [-0.05, 0) is 55.2 Å². The Balaban J connectivity index is 1.63. The van der Waals surface area contributed by atoms with Crippen LogP contribution in [0.15, 0.2) is 47.6 Å². The Morgan fingerprint density at radius 3 is 2.74 bits per heavy atom. The van der Waals surface area contributed by atoms with Crippen molar-refractivity contribution in [3.63, 3.8) is 0 Å². The summed E-state index contributed by atoms with van der Waals surface area (Å²) in [4.78, 5) is 12.3. The first kappa shape index (κ1) is 23.2. The van der Waals surface area contributed by atoms with Gasteiger partial charge in [-0.2, -0.15) is 0 Å². The van der Waals surface area contributed by atoms with Gasteiger partial charge in [0.1, 0.15) is 12.4 Å². The number of aromatic nitrogens is 3. The van der Waals surface area contributed by atoms with Crippen LogP contribution >= 0.6 is 23.4 Å². The highest BCUT2D eigenvalue weighted by Gasteiger charge is 2.15. The molecule has 0 unspecified atom stereocenters. The van der Waals surface area contributed by atoms with Crippen LogP contribution in [0.1, 0.15) is 43.6 Å². The van der Waals surface area contributed by atoms with Gasteiger partial charge in [-0.1, -0.05) is 55.4 Å². The third kappa shape index (κ3) is 6.24. The molecule has 3 aromatic rings. The van der Waals surface area contributed by atoms with Gasteiger partial charge in [-0.3, -0.25) is 4.79 Å². The summed E-state index contributed by atoms with van der Waals surface area (Å²) in [5, 5.41) is 12.7. The Morgan fingerprint density at radius 1 is 1.23 bits per heavy atom. The minimum Gasteiger partial charge on any atom is -0.485 e. The van der Waals surface area contributed by atoms with Crippen molar-refractivity contribution < 1.29 is 9.53 Å². The average Bonchev–Trinajstić information content (AvgIpc) is 3.12. The summed E-state index contributed by atoms with van der Waals surface area (Å²) in [6.07, 6.45) is 0. The minimum absolute atomic E-state index is 0.128. The van der Waals surface area contributed by atoms with Gasteiger partial charge in [0.05, 0.1) is 5.75 Å². The molecule has 1 heterocycles. The highest BCUT2D eigenvalue weighted by molar-refractivity contribution is 7.99. The number of rotatable bonds is 9. The topological polar surface area (TPSA) is 69.0 Å². The molecule has 0 spiro atoms. The number of carbonyl (C=O) groups is 1. The molecule has 6 nitrogen and oxygen atoms in total. The van der Waals surface area contributed by atoms with E-state index in [0.29, 0.717) is 34.9 Å². The van der Waals surface area contributed by atoms with Gasteiger partial charge >= 0.3 is 0 Å². The lowest BCUT2D eigenvalue weighted by molar-refractivity contribution is -0.113. The van der Waals surface area contributed by atoms with Crippen molar-refractivity contribution in [2.45, 2.75) is 51.9 Å². The lowest BCUT2D eigenvalue weighted by Crippen LogP contribution is -2.15. The Morgan fingerprint density at radius 2 is 2.03 bits per heavy atom. The molecule has 164 valence electrons. The first-order valence-corrected chi connectivity index (χ1v) is 11.6. The number of anilines is 1. The summed E-state index contributed by atoms with van der Waals surface area (Å²) >= 11 is 7.31. The Bertz CT molecular complexity index is 1050. The van der Waals surface area contributed by atoms with Crippen LogP contribution in [-0.4, -0.2) is 26.4 Å². The summed E-state index contributed by atoms with van der Waals surface area (Å²) in [6.45, 7) is 9.38. The summed E-state index contributed by atoms with van der Waals surface area (Å²) in [7, 11) is 0. The molecule has 0 aliphatic heterocycles. The zero-order valence-corrected chi connectivity index (χ0v) is 19.8. The van der Waals surface area contributed by atoms with E-state index in [1.165, 1.54) is 17.3 Å². The van der Waals surface area contributed by atoms with Crippen molar-refractivity contribution in [2.75, 3.05) is 11.1 Å². The molecule has 0 aliphatic rings. The molecule has 0 saturated carbocycles. The third-order valence-electron chi connectivity index (χ3n) is 4.70. The lowest BCUT2D eigenvalue weighted by Gasteiger charge is -2.15. The Labute approximate surface area is 192 Å². The number of ether oxygens (including phenoxy) is 1. The molecule has 3 rings (SSSR count). The first-order chi connectivity index (χ1) is 14.9. The van der Waals surface area contributed by atoms with E-state index >= 15 is 0 Å². The molecule has 0 aliphatic carbocycles. The van der Waals surface area contributed by atoms with E-state index in [1.807, 2.05) is 11.5 Å². The fourth-order valence-corrected chi connectivity index (χ4v) is 4.14. The fourth-order valence-electron chi connectivity index (χ4n) is 3.13. The number of aryl methyl sites for hydroxylation is 1. The normalized spacial score (nSPS) is 11.0.